The van der Waals surface area contributed by atoms with Crippen molar-refractivity contribution in [1.29, 1.82) is 0 Å². The van der Waals surface area contributed by atoms with E-state index in [0.717, 1.165) is 11.6 Å². The van der Waals surface area contributed by atoms with Crippen LogP contribution < -0.4 is 0 Å². The van der Waals surface area contributed by atoms with E-state index < -0.39 is 50.2 Å². The van der Waals surface area contributed by atoms with Crippen molar-refractivity contribution in [2.45, 2.75) is 62.5 Å². The highest BCUT2D eigenvalue weighted by molar-refractivity contribution is 6.76. The summed E-state index contributed by atoms with van der Waals surface area (Å²) in [6, 6.07) is 27.2. The number of carbonyl (C=O) groups is 2. The predicted octanol–water partition coefficient (Wildman–Crippen LogP) is 5.65. The number of ether oxygens (including phenoxy) is 5. The van der Waals surface area contributed by atoms with Crippen molar-refractivity contribution in [2.24, 2.45) is 0 Å². The smallest absolute Gasteiger partial charge is 0.338 e. The lowest BCUT2D eigenvalue weighted by Crippen LogP contribution is -2.68. The van der Waals surface area contributed by atoms with Crippen molar-refractivity contribution in [2.75, 3.05) is 13.2 Å². The zero-order valence-electron chi connectivity index (χ0n) is 24.9. The molecule has 0 radical (unpaired) electrons. The van der Waals surface area contributed by atoms with E-state index in [1.54, 1.807) is 60.7 Å². The fourth-order valence-electron chi connectivity index (χ4n) is 4.63. The molecule has 0 aromatic heterocycles. The van der Waals surface area contributed by atoms with Crippen LogP contribution in [0.25, 0.3) is 0 Å². The average molecular weight is 605 g/mol. The molecule has 1 heterocycles. The number of aliphatic hydroxyl groups is 1. The minimum atomic E-state index is -2.00. The molecule has 8 nitrogen and oxygen atoms in total. The van der Waals surface area contributed by atoms with Crippen LogP contribution in [0.15, 0.2) is 104 Å². The molecule has 43 heavy (non-hydrogen) atoms. The van der Waals surface area contributed by atoms with Gasteiger partial charge in [0, 0.05) is 14.7 Å². The maximum absolute atomic E-state index is 13.4. The number of benzene rings is 3. The Bertz CT molecular complexity index is 1330. The zero-order chi connectivity index (χ0) is 30.9. The quantitative estimate of drug-likeness (QED) is 0.152. The van der Waals surface area contributed by atoms with Crippen LogP contribution in [-0.2, 0) is 30.3 Å². The summed E-state index contributed by atoms with van der Waals surface area (Å²) in [5.41, 5.74) is -0.514. The molecule has 1 N–H and O–H groups in total. The molecular weight excluding hydrogens is 564 g/mol. The summed E-state index contributed by atoms with van der Waals surface area (Å²) < 4.78 is 30.3. The van der Waals surface area contributed by atoms with Crippen LogP contribution in [0.5, 0.6) is 0 Å². The molecule has 9 heteroatoms. The van der Waals surface area contributed by atoms with E-state index in [1.807, 2.05) is 30.3 Å². The van der Waals surface area contributed by atoms with Crippen LogP contribution in [0.4, 0.5) is 0 Å². The normalized spacial score (nSPS) is 23.7. The van der Waals surface area contributed by atoms with E-state index in [1.165, 1.54) is 6.08 Å². The van der Waals surface area contributed by atoms with E-state index in [-0.39, 0.29) is 24.3 Å². The lowest BCUT2D eigenvalue weighted by atomic mass is 9.83. The minimum absolute atomic E-state index is 0.0793. The highest BCUT2D eigenvalue weighted by Gasteiger charge is 2.58. The molecule has 5 atom stereocenters. The molecule has 0 spiro atoms. The third kappa shape index (κ3) is 8.72. The largest absolute Gasteiger partial charge is 0.451 e. The lowest BCUT2D eigenvalue weighted by molar-refractivity contribution is -0.319. The van der Waals surface area contributed by atoms with E-state index in [0.29, 0.717) is 6.61 Å². The van der Waals surface area contributed by atoms with Gasteiger partial charge in [0.2, 0.25) is 0 Å². The van der Waals surface area contributed by atoms with Crippen LogP contribution in [0.1, 0.15) is 26.3 Å². The van der Waals surface area contributed by atoms with Gasteiger partial charge in [-0.1, -0.05) is 99.0 Å². The molecule has 0 aliphatic carbocycles. The molecular formula is C34H40O8Si. The summed E-state index contributed by atoms with van der Waals surface area (Å²) in [6.07, 6.45) is -3.74. The van der Waals surface area contributed by atoms with E-state index >= 15 is 0 Å². The van der Waals surface area contributed by atoms with Crippen LogP contribution in [0.2, 0.25) is 25.7 Å². The van der Waals surface area contributed by atoms with Gasteiger partial charge in [-0.2, -0.15) is 0 Å². The second-order valence-corrected chi connectivity index (χ2v) is 17.3. The van der Waals surface area contributed by atoms with Crippen molar-refractivity contribution >= 4 is 20.0 Å². The zero-order valence-corrected chi connectivity index (χ0v) is 25.9. The molecule has 0 unspecified atom stereocenters. The number of hydrogen-bond donors (Lipinski definition) is 1. The van der Waals surface area contributed by atoms with Crippen LogP contribution in [0, 0.1) is 0 Å². The van der Waals surface area contributed by atoms with Gasteiger partial charge < -0.3 is 28.8 Å². The fraction of sp³-hybridized carbons (Fsp3) is 0.353. The fourth-order valence-corrected chi connectivity index (χ4v) is 5.36. The number of carbonyl (C=O) groups excluding carboxylic acids is 2. The van der Waals surface area contributed by atoms with Crippen molar-refractivity contribution in [3.63, 3.8) is 0 Å². The first-order valence-electron chi connectivity index (χ1n) is 14.4. The standard InChI is InChI=1S/C34H40O8Si/c1-5-34(37)28(24-38-23-25-15-9-6-10-16-25)40-33(39-21-22-43(2,3)4)29(41-31(35)26-17-11-7-12-18-26)30(34)42-32(36)27-19-13-8-14-20-27/h5-20,28-30,33,37H,1,21-24H2,2-4H3/t28-,29-,30-,33-,34+/m1/s1. The molecule has 0 amide bonds. The van der Waals surface area contributed by atoms with Crippen LogP contribution >= 0.6 is 0 Å². The van der Waals surface area contributed by atoms with Crippen molar-refractivity contribution in [1.82, 2.24) is 0 Å². The van der Waals surface area contributed by atoms with E-state index in [9.17, 15) is 14.7 Å². The summed E-state index contributed by atoms with van der Waals surface area (Å²) in [5.74, 6) is -1.39. The van der Waals surface area contributed by atoms with Crippen LogP contribution in [-0.4, -0.2) is 68.5 Å². The minimum Gasteiger partial charge on any atom is -0.451 e. The van der Waals surface area contributed by atoms with Crippen molar-refractivity contribution < 1.29 is 38.4 Å². The third-order valence-corrected chi connectivity index (χ3v) is 8.88. The second-order valence-electron chi connectivity index (χ2n) is 11.7. The molecule has 4 rings (SSSR count). The van der Waals surface area contributed by atoms with Gasteiger partial charge in [-0.25, -0.2) is 9.59 Å². The van der Waals surface area contributed by atoms with Gasteiger partial charge in [-0.05, 0) is 35.9 Å². The van der Waals surface area contributed by atoms with Gasteiger partial charge in [0.15, 0.2) is 24.1 Å². The first-order chi connectivity index (χ1) is 20.6. The molecule has 3 aromatic rings. The van der Waals surface area contributed by atoms with Gasteiger partial charge in [-0.3, -0.25) is 0 Å². The Morgan fingerprint density at radius 1 is 0.884 bits per heavy atom. The SMILES string of the molecule is C=C[C@@]1(O)[C@H](OC(=O)c2ccccc2)[C@@H](OC(=O)c2ccccc2)[C@H](OCC[Si](C)(C)C)O[C@@H]1COCc1ccccc1. The number of rotatable bonds is 13. The van der Waals surface area contributed by atoms with Crippen LogP contribution in [0.3, 0.4) is 0 Å². The Balaban J connectivity index is 1.67. The van der Waals surface area contributed by atoms with Gasteiger partial charge in [0.25, 0.3) is 0 Å². The highest BCUT2D eigenvalue weighted by atomic mass is 28.3. The topological polar surface area (TPSA) is 101 Å². The lowest BCUT2D eigenvalue weighted by Gasteiger charge is -2.49. The first-order valence-corrected chi connectivity index (χ1v) is 18.1. The molecule has 0 saturated carbocycles. The summed E-state index contributed by atoms with van der Waals surface area (Å²) in [4.78, 5) is 26.7. The van der Waals surface area contributed by atoms with E-state index in [2.05, 4.69) is 26.2 Å². The van der Waals surface area contributed by atoms with Gasteiger partial charge in [-0.15, -0.1) is 0 Å². The number of esters is 2. The Labute approximate surface area is 254 Å². The van der Waals surface area contributed by atoms with Gasteiger partial charge in [0.05, 0.1) is 24.3 Å². The highest BCUT2D eigenvalue weighted by Crippen LogP contribution is 2.37. The predicted molar refractivity (Wildman–Crippen MR) is 165 cm³/mol. The van der Waals surface area contributed by atoms with E-state index in [4.69, 9.17) is 23.7 Å². The molecule has 1 aliphatic rings. The first kappa shape index (κ1) is 32.3. The molecule has 1 fully saturated rings. The summed E-state index contributed by atoms with van der Waals surface area (Å²) in [6.45, 7) is 11.0. The maximum Gasteiger partial charge on any atom is 0.338 e. The van der Waals surface area contributed by atoms with Crippen molar-refractivity contribution in [3.05, 3.63) is 120 Å². The van der Waals surface area contributed by atoms with Gasteiger partial charge >= 0.3 is 11.9 Å². The average Bonchev–Trinajstić information content (AvgIpc) is 3.01. The Morgan fingerprint density at radius 2 is 1.42 bits per heavy atom. The third-order valence-electron chi connectivity index (χ3n) is 7.17. The van der Waals surface area contributed by atoms with Crippen molar-refractivity contribution in [3.8, 4) is 0 Å². The monoisotopic (exact) mass is 604 g/mol. The molecule has 0 bridgehead atoms. The molecule has 3 aromatic carbocycles. The van der Waals surface area contributed by atoms with Gasteiger partial charge in [0.1, 0.15) is 6.10 Å². The summed E-state index contributed by atoms with van der Waals surface area (Å²) >= 11 is 0. The molecule has 228 valence electrons. The maximum atomic E-state index is 13.4. The Morgan fingerprint density at radius 3 is 1.95 bits per heavy atom. The number of hydrogen-bond acceptors (Lipinski definition) is 8. The summed E-state index contributed by atoms with van der Waals surface area (Å²) in [5, 5.41) is 12.1. The second kappa shape index (κ2) is 14.7. The summed E-state index contributed by atoms with van der Waals surface area (Å²) in [7, 11) is -1.51. The molecule has 1 saturated heterocycles. The molecule has 1 aliphatic heterocycles. The Hall–Kier alpha value is -3.60. The Kier molecular flexibility index (Phi) is 11.1.